The van der Waals surface area contributed by atoms with E-state index in [-0.39, 0.29) is 0 Å². The maximum Gasteiger partial charge on any atom is 0.0202 e. The van der Waals surface area contributed by atoms with Crippen molar-refractivity contribution >= 4 is 0 Å². The Morgan fingerprint density at radius 1 is 1.27 bits per heavy atom. The lowest BCUT2D eigenvalue weighted by molar-refractivity contribution is 0.387. The summed E-state index contributed by atoms with van der Waals surface area (Å²) in [4.78, 5) is 0. The third-order valence-electron chi connectivity index (χ3n) is 3.41. The van der Waals surface area contributed by atoms with E-state index in [1.54, 1.807) is 0 Å². The van der Waals surface area contributed by atoms with Crippen molar-refractivity contribution in [3.63, 3.8) is 0 Å². The average molecular weight is 148 g/mol. The molecule has 0 aliphatic heterocycles. The lowest BCUT2D eigenvalue weighted by Gasteiger charge is -2.15. The predicted octanol–water partition coefficient (Wildman–Crippen LogP) is 2.69. The standard InChI is InChI=1S/C11H16/c1-8-5-3-4-6-10-7-11(10)9(8)2/h8-11H,4,6-7H2,1-2H3. The third-order valence-corrected chi connectivity index (χ3v) is 3.41. The van der Waals surface area contributed by atoms with Gasteiger partial charge in [-0.2, -0.15) is 0 Å². The zero-order valence-electron chi connectivity index (χ0n) is 7.43. The molecule has 60 valence electrons. The van der Waals surface area contributed by atoms with Crippen LogP contribution in [-0.2, 0) is 0 Å². The second-order valence-corrected chi connectivity index (χ2v) is 4.17. The summed E-state index contributed by atoms with van der Waals surface area (Å²) in [5.74, 6) is 10.2. The summed E-state index contributed by atoms with van der Waals surface area (Å²) >= 11 is 0. The van der Waals surface area contributed by atoms with Crippen molar-refractivity contribution in [3.05, 3.63) is 0 Å². The molecule has 1 saturated carbocycles. The second kappa shape index (κ2) is 2.55. The van der Waals surface area contributed by atoms with Crippen LogP contribution in [0.4, 0.5) is 0 Å². The van der Waals surface area contributed by atoms with E-state index in [4.69, 9.17) is 0 Å². The Hall–Kier alpha value is -0.440. The first-order valence-corrected chi connectivity index (χ1v) is 4.77. The summed E-state index contributed by atoms with van der Waals surface area (Å²) in [6.07, 6.45) is 4.00. The SMILES string of the molecule is CC1C#CCCC2CC2C1C. The highest BCUT2D eigenvalue weighted by Crippen LogP contribution is 2.49. The molecule has 0 saturated heterocycles. The molecule has 0 bridgehead atoms. The van der Waals surface area contributed by atoms with Crippen molar-refractivity contribution in [3.8, 4) is 11.8 Å². The van der Waals surface area contributed by atoms with Crippen LogP contribution >= 0.6 is 0 Å². The number of hydrogen-bond donors (Lipinski definition) is 0. The fraction of sp³-hybridized carbons (Fsp3) is 0.818. The second-order valence-electron chi connectivity index (χ2n) is 4.17. The van der Waals surface area contributed by atoms with Crippen LogP contribution in [0.25, 0.3) is 0 Å². The molecule has 0 amide bonds. The van der Waals surface area contributed by atoms with Crippen molar-refractivity contribution < 1.29 is 0 Å². The molecule has 1 fully saturated rings. The summed E-state index contributed by atoms with van der Waals surface area (Å²) in [6, 6.07) is 0. The zero-order chi connectivity index (χ0) is 7.84. The van der Waals surface area contributed by atoms with Crippen LogP contribution in [0, 0.1) is 35.5 Å². The lowest BCUT2D eigenvalue weighted by Crippen LogP contribution is -2.10. The fourth-order valence-corrected chi connectivity index (χ4v) is 2.24. The van der Waals surface area contributed by atoms with E-state index < -0.39 is 0 Å². The first-order chi connectivity index (χ1) is 5.29. The van der Waals surface area contributed by atoms with Gasteiger partial charge in [-0.05, 0) is 30.6 Å². The van der Waals surface area contributed by atoms with E-state index in [0.29, 0.717) is 5.92 Å². The van der Waals surface area contributed by atoms with E-state index in [9.17, 15) is 0 Å². The normalized spacial score (nSPS) is 47.8. The minimum Gasteiger partial charge on any atom is -0.103 e. The molecule has 2 aliphatic carbocycles. The van der Waals surface area contributed by atoms with Crippen LogP contribution in [0.1, 0.15) is 33.1 Å². The van der Waals surface area contributed by atoms with Crippen LogP contribution < -0.4 is 0 Å². The van der Waals surface area contributed by atoms with Gasteiger partial charge in [-0.25, -0.2) is 0 Å². The smallest absolute Gasteiger partial charge is 0.0202 e. The number of hydrogen-bond acceptors (Lipinski definition) is 0. The van der Waals surface area contributed by atoms with Crippen molar-refractivity contribution in [2.75, 3.05) is 0 Å². The van der Waals surface area contributed by atoms with Crippen LogP contribution in [0.15, 0.2) is 0 Å². The van der Waals surface area contributed by atoms with E-state index in [1.165, 1.54) is 12.8 Å². The zero-order valence-corrected chi connectivity index (χ0v) is 7.43. The van der Waals surface area contributed by atoms with E-state index >= 15 is 0 Å². The summed E-state index contributed by atoms with van der Waals surface area (Å²) in [5, 5.41) is 0. The molecule has 0 aromatic heterocycles. The molecule has 0 heteroatoms. The molecule has 11 heavy (non-hydrogen) atoms. The first kappa shape index (κ1) is 7.22. The molecule has 0 aromatic rings. The van der Waals surface area contributed by atoms with Gasteiger partial charge in [0.1, 0.15) is 0 Å². The Morgan fingerprint density at radius 3 is 2.91 bits per heavy atom. The van der Waals surface area contributed by atoms with Crippen molar-refractivity contribution in [1.29, 1.82) is 0 Å². The molecular formula is C11H16. The largest absolute Gasteiger partial charge is 0.103 e. The first-order valence-electron chi connectivity index (χ1n) is 4.77. The molecule has 0 spiro atoms. The molecule has 2 aliphatic rings. The highest BCUT2D eigenvalue weighted by molar-refractivity contribution is 5.09. The molecule has 2 rings (SSSR count). The van der Waals surface area contributed by atoms with Gasteiger partial charge in [-0.3, -0.25) is 0 Å². The highest BCUT2D eigenvalue weighted by atomic mass is 14.5. The van der Waals surface area contributed by atoms with Crippen LogP contribution in [0.2, 0.25) is 0 Å². The van der Waals surface area contributed by atoms with Gasteiger partial charge in [0.15, 0.2) is 0 Å². The van der Waals surface area contributed by atoms with E-state index in [2.05, 4.69) is 25.7 Å². The molecule has 0 radical (unpaired) electrons. The maximum absolute atomic E-state index is 3.34. The quantitative estimate of drug-likeness (QED) is 0.463. The Labute approximate surface area is 69.4 Å². The fourth-order valence-electron chi connectivity index (χ4n) is 2.24. The predicted molar refractivity (Wildman–Crippen MR) is 46.9 cm³/mol. The summed E-state index contributed by atoms with van der Waals surface area (Å²) in [6.45, 7) is 4.65. The van der Waals surface area contributed by atoms with Gasteiger partial charge in [0.05, 0.1) is 0 Å². The molecule has 0 nitrogen and oxygen atoms in total. The van der Waals surface area contributed by atoms with Crippen LogP contribution in [-0.4, -0.2) is 0 Å². The van der Waals surface area contributed by atoms with E-state index in [1.807, 2.05) is 0 Å². The Bertz CT molecular complexity index is 206. The van der Waals surface area contributed by atoms with Crippen LogP contribution in [0.5, 0.6) is 0 Å². The summed E-state index contributed by atoms with van der Waals surface area (Å²) < 4.78 is 0. The average Bonchev–Trinajstić information content (AvgIpc) is 2.73. The number of rotatable bonds is 0. The van der Waals surface area contributed by atoms with Gasteiger partial charge in [0.2, 0.25) is 0 Å². The van der Waals surface area contributed by atoms with Gasteiger partial charge in [0, 0.05) is 12.3 Å². The van der Waals surface area contributed by atoms with Gasteiger partial charge >= 0.3 is 0 Å². The Balaban J connectivity index is 2.10. The minimum absolute atomic E-state index is 0.644. The minimum atomic E-state index is 0.644. The Kier molecular flexibility index (Phi) is 1.68. The Morgan fingerprint density at radius 2 is 2.09 bits per heavy atom. The van der Waals surface area contributed by atoms with Gasteiger partial charge in [0.25, 0.3) is 0 Å². The summed E-state index contributed by atoms with van der Waals surface area (Å²) in [7, 11) is 0. The van der Waals surface area contributed by atoms with E-state index in [0.717, 1.165) is 24.2 Å². The van der Waals surface area contributed by atoms with Gasteiger partial charge in [-0.15, -0.1) is 5.92 Å². The monoisotopic (exact) mass is 148 g/mol. The molecule has 0 N–H and O–H groups in total. The highest BCUT2D eigenvalue weighted by Gasteiger charge is 2.42. The molecule has 0 aromatic carbocycles. The van der Waals surface area contributed by atoms with Gasteiger partial charge < -0.3 is 0 Å². The lowest BCUT2D eigenvalue weighted by atomic mass is 9.89. The van der Waals surface area contributed by atoms with Crippen molar-refractivity contribution in [2.24, 2.45) is 23.7 Å². The molecule has 0 heterocycles. The molecule has 4 unspecified atom stereocenters. The topological polar surface area (TPSA) is 0 Å². The van der Waals surface area contributed by atoms with Crippen molar-refractivity contribution in [1.82, 2.24) is 0 Å². The van der Waals surface area contributed by atoms with Crippen LogP contribution in [0.3, 0.4) is 0 Å². The van der Waals surface area contributed by atoms with Gasteiger partial charge in [-0.1, -0.05) is 19.8 Å². The van der Waals surface area contributed by atoms with Crippen molar-refractivity contribution in [2.45, 2.75) is 33.1 Å². The molecular weight excluding hydrogens is 132 g/mol. The summed E-state index contributed by atoms with van der Waals surface area (Å²) in [5.41, 5.74) is 0. The third kappa shape index (κ3) is 1.29. The number of fused-ring (bicyclic) bond motifs is 1. The molecule has 4 atom stereocenters. The maximum atomic E-state index is 3.34.